The number of nitrogens with two attached hydrogens (primary N) is 1. The molecule has 0 aliphatic heterocycles. The van der Waals surface area contributed by atoms with Gasteiger partial charge in [-0.3, -0.25) is 0 Å². The molecule has 0 spiro atoms. The molecule has 0 fully saturated rings. The highest BCUT2D eigenvalue weighted by atomic mass is 16.3. The Morgan fingerprint density at radius 2 is 1.60 bits per heavy atom. The molecule has 0 aliphatic rings. The molecule has 0 saturated carbocycles. The van der Waals surface area contributed by atoms with E-state index in [-0.39, 0.29) is 5.41 Å². The molecule has 0 amide bonds. The van der Waals surface area contributed by atoms with Crippen LogP contribution < -0.4 is 5.73 Å². The van der Waals surface area contributed by atoms with Gasteiger partial charge in [-0.05, 0) is 31.8 Å². The average Bonchev–Trinajstić information content (AvgIpc) is 2.16. The first-order valence-corrected chi connectivity index (χ1v) is 5.89. The largest absolute Gasteiger partial charge is 0.389 e. The second-order valence-electron chi connectivity index (χ2n) is 5.47. The number of hydrogen-bond acceptors (Lipinski definition) is 3. The highest BCUT2D eigenvalue weighted by Crippen LogP contribution is 2.19. The molecule has 0 heterocycles. The summed E-state index contributed by atoms with van der Waals surface area (Å²) in [6.45, 7) is 10.7. The van der Waals surface area contributed by atoms with Gasteiger partial charge in [0.2, 0.25) is 0 Å². The fourth-order valence-corrected chi connectivity index (χ4v) is 1.83. The summed E-state index contributed by atoms with van der Waals surface area (Å²) in [5, 5.41) is 10.2. The van der Waals surface area contributed by atoms with Gasteiger partial charge in [0.05, 0.1) is 5.60 Å². The van der Waals surface area contributed by atoms with Crippen LogP contribution in [0.5, 0.6) is 0 Å². The van der Waals surface area contributed by atoms with Crippen LogP contribution in [0.2, 0.25) is 0 Å². The monoisotopic (exact) mass is 216 g/mol. The maximum Gasteiger partial charge on any atom is 0.0768 e. The molecule has 3 nitrogen and oxygen atoms in total. The molecular weight excluding hydrogens is 188 g/mol. The molecule has 92 valence electrons. The third kappa shape index (κ3) is 5.50. The standard InChI is InChI=1S/C12H28N2O/c1-6-12(15,7-2)10-14(5)9-11(3,4)8-13/h15H,6-10,13H2,1-5H3. The molecule has 0 rings (SSSR count). The van der Waals surface area contributed by atoms with Gasteiger partial charge in [0.15, 0.2) is 0 Å². The van der Waals surface area contributed by atoms with Crippen LogP contribution in [-0.2, 0) is 0 Å². The van der Waals surface area contributed by atoms with E-state index in [4.69, 9.17) is 5.73 Å². The first-order valence-electron chi connectivity index (χ1n) is 5.89. The van der Waals surface area contributed by atoms with Crippen LogP contribution in [0, 0.1) is 5.41 Å². The Hall–Kier alpha value is -0.120. The molecule has 3 heteroatoms. The summed E-state index contributed by atoms with van der Waals surface area (Å²) in [4.78, 5) is 2.18. The molecule has 0 radical (unpaired) electrons. The second-order valence-corrected chi connectivity index (χ2v) is 5.47. The maximum absolute atomic E-state index is 10.2. The fraction of sp³-hybridized carbons (Fsp3) is 1.00. The molecule has 15 heavy (non-hydrogen) atoms. The van der Waals surface area contributed by atoms with Gasteiger partial charge in [0.1, 0.15) is 0 Å². The Morgan fingerprint density at radius 3 is 1.93 bits per heavy atom. The first kappa shape index (κ1) is 14.9. The normalized spacial score (nSPS) is 13.6. The molecule has 0 aromatic heterocycles. The molecule has 0 bridgehead atoms. The minimum atomic E-state index is -0.542. The molecule has 0 saturated heterocycles. The van der Waals surface area contributed by atoms with Crippen molar-refractivity contribution < 1.29 is 5.11 Å². The maximum atomic E-state index is 10.2. The van der Waals surface area contributed by atoms with Gasteiger partial charge in [-0.2, -0.15) is 0 Å². The Kier molecular flexibility index (Phi) is 5.78. The third-order valence-electron chi connectivity index (χ3n) is 3.13. The highest BCUT2D eigenvalue weighted by molar-refractivity contribution is 4.81. The lowest BCUT2D eigenvalue weighted by molar-refractivity contribution is -0.00369. The Bertz CT molecular complexity index is 176. The smallest absolute Gasteiger partial charge is 0.0768 e. The van der Waals surface area contributed by atoms with E-state index >= 15 is 0 Å². The number of hydrogen-bond donors (Lipinski definition) is 2. The van der Waals surface area contributed by atoms with Gasteiger partial charge in [0, 0.05) is 13.1 Å². The fourth-order valence-electron chi connectivity index (χ4n) is 1.83. The van der Waals surface area contributed by atoms with E-state index in [1.54, 1.807) is 0 Å². The lowest BCUT2D eigenvalue weighted by atomic mass is 9.91. The number of likely N-dealkylation sites (N-methyl/N-ethyl adjacent to an activating group) is 1. The van der Waals surface area contributed by atoms with Gasteiger partial charge in [-0.1, -0.05) is 27.7 Å². The predicted molar refractivity (Wildman–Crippen MR) is 65.9 cm³/mol. The van der Waals surface area contributed by atoms with Crippen molar-refractivity contribution in [3.63, 3.8) is 0 Å². The van der Waals surface area contributed by atoms with Gasteiger partial charge < -0.3 is 15.7 Å². The summed E-state index contributed by atoms with van der Waals surface area (Å²) in [6.07, 6.45) is 1.60. The van der Waals surface area contributed by atoms with Crippen molar-refractivity contribution in [3.8, 4) is 0 Å². The van der Waals surface area contributed by atoms with Crippen molar-refractivity contribution in [2.75, 3.05) is 26.7 Å². The van der Waals surface area contributed by atoms with Crippen LogP contribution in [0.25, 0.3) is 0 Å². The quantitative estimate of drug-likeness (QED) is 0.677. The minimum absolute atomic E-state index is 0.122. The summed E-state index contributed by atoms with van der Waals surface area (Å²) >= 11 is 0. The third-order valence-corrected chi connectivity index (χ3v) is 3.13. The van der Waals surface area contributed by atoms with Gasteiger partial charge in [-0.15, -0.1) is 0 Å². The minimum Gasteiger partial charge on any atom is -0.389 e. The van der Waals surface area contributed by atoms with Crippen molar-refractivity contribution in [1.29, 1.82) is 0 Å². The van der Waals surface area contributed by atoms with Crippen LogP contribution >= 0.6 is 0 Å². The zero-order valence-corrected chi connectivity index (χ0v) is 11.0. The summed E-state index contributed by atoms with van der Waals surface area (Å²) in [5.41, 5.74) is 5.27. The summed E-state index contributed by atoms with van der Waals surface area (Å²) in [5.74, 6) is 0. The molecule has 0 aromatic carbocycles. The summed E-state index contributed by atoms with van der Waals surface area (Å²) < 4.78 is 0. The van der Waals surface area contributed by atoms with Gasteiger partial charge >= 0.3 is 0 Å². The molecular formula is C12H28N2O. The molecule has 0 aromatic rings. The molecule has 0 unspecified atom stereocenters. The van der Waals surface area contributed by atoms with Crippen LogP contribution in [0.1, 0.15) is 40.5 Å². The van der Waals surface area contributed by atoms with Crippen molar-refractivity contribution in [2.24, 2.45) is 11.1 Å². The van der Waals surface area contributed by atoms with E-state index in [9.17, 15) is 5.11 Å². The van der Waals surface area contributed by atoms with E-state index < -0.39 is 5.60 Å². The van der Waals surface area contributed by atoms with E-state index in [1.807, 2.05) is 20.9 Å². The van der Waals surface area contributed by atoms with Crippen LogP contribution in [0.3, 0.4) is 0 Å². The van der Waals surface area contributed by atoms with E-state index in [1.165, 1.54) is 0 Å². The van der Waals surface area contributed by atoms with Crippen molar-refractivity contribution in [3.05, 3.63) is 0 Å². The van der Waals surface area contributed by atoms with E-state index in [0.29, 0.717) is 6.54 Å². The highest BCUT2D eigenvalue weighted by Gasteiger charge is 2.26. The molecule has 3 N–H and O–H groups in total. The van der Waals surface area contributed by atoms with E-state index in [2.05, 4.69) is 18.7 Å². The number of rotatable bonds is 7. The first-order chi connectivity index (χ1) is 6.78. The summed E-state index contributed by atoms with van der Waals surface area (Å²) in [7, 11) is 2.05. The molecule has 0 aliphatic carbocycles. The predicted octanol–water partition coefficient (Wildman–Crippen LogP) is 1.45. The second kappa shape index (κ2) is 5.83. The van der Waals surface area contributed by atoms with Crippen LogP contribution in [0.4, 0.5) is 0 Å². The van der Waals surface area contributed by atoms with Gasteiger partial charge in [-0.25, -0.2) is 0 Å². The number of nitrogens with zero attached hydrogens (tertiary/aromatic N) is 1. The van der Waals surface area contributed by atoms with Crippen molar-refractivity contribution >= 4 is 0 Å². The zero-order valence-electron chi connectivity index (χ0n) is 11.0. The average molecular weight is 216 g/mol. The SMILES string of the molecule is CCC(O)(CC)CN(C)CC(C)(C)CN. The van der Waals surface area contributed by atoms with Crippen LogP contribution in [-0.4, -0.2) is 42.3 Å². The summed E-state index contributed by atoms with van der Waals surface area (Å²) in [6, 6.07) is 0. The lowest BCUT2D eigenvalue weighted by Crippen LogP contribution is -2.45. The lowest BCUT2D eigenvalue weighted by Gasteiger charge is -2.35. The van der Waals surface area contributed by atoms with E-state index in [0.717, 1.165) is 25.9 Å². The van der Waals surface area contributed by atoms with Crippen LogP contribution in [0.15, 0.2) is 0 Å². The number of aliphatic hydroxyl groups is 1. The van der Waals surface area contributed by atoms with Crippen molar-refractivity contribution in [2.45, 2.75) is 46.1 Å². The van der Waals surface area contributed by atoms with Crippen molar-refractivity contribution in [1.82, 2.24) is 4.90 Å². The Morgan fingerprint density at radius 1 is 1.13 bits per heavy atom. The zero-order chi connectivity index (χ0) is 12.1. The Labute approximate surface area is 94.6 Å². The topological polar surface area (TPSA) is 49.5 Å². The van der Waals surface area contributed by atoms with Gasteiger partial charge in [0.25, 0.3) is 0 Å². The molecule has 0 atom stereocenters. The Balaban J connectivity index is 4.19.